The summed E-state index contributed by atoms with van der Waals surface area (Å²) in [6.45, 7) is 3.53. The molecule has 0 aliphatic rings. The van der Waals surface area contributed by atoms with Crippen molar-refractivity contribution < 1.29 is 8.42 Å². The standard InChI is InChI=1S/C13H14N4O2S/c1-9-13(10(2)17(3)15-9)16-20(18,19)12-6-4-11(8-14)5-7-12/h4-7,16H,1-3H3. The van der Waals surface area contributed by atoms with E-state index in [2.05, 4.69) is 9.82 Å². The van der Waals surface area contributed by atoms with Gasteiger partial charge in [-0.3, -0.25) is 9.40 Å². The number of aryl methyl sites for hydroxylation is 2. The van der Waals surface area contributed by atoms with Gasteiger partial charge in [0, 0.05) is 7.05 Å². The first kappa shape index (κ1) is 14.1. The molecule has 7 heteroatoms. The topological polar surface area (TPSA) is 87.8 Å². The zero-order valence-corrected chi connectivity index (χ0v) is 12.2. The molecule has 0 radical (unpaired) electrons. The van der Waals surface area contributed by atoms with Crippen molar-refractivity contribution >= 4 is 15.7 Å². The Morgan fingerprint density at radius 3 is 2.30 bits per heavy atom. The molecule has 0 aliphatic heterocycles. The number of anilines is 1. The zero-order chi connectivity index (χ0) is 14.9. The van der Waals surface area contributed by atoms with E-state index < -0.39 is 10.0 Å². The molecule has 104 valence electrons. The normalized spacial score (nSPS) is 11.1. The molecule has 2 rings (SSSR count). The molecule has 0 bridgehead atoms. The first-order valence-electron chi connectivity index (χ1n) is 5.88. The smallest absolute Gasteiger partial charge is 0.262 e. The summed E-state index contributed by atoms with van der Waals surface area (Å²) >= 11 is 0. The summed E-state index contributed by atoms with van der Waals surface area (Å²) < 4.78 is 28.7. The van der Waals surface area contributed by atoms with E-state index >= 15 is 0 Å². The van der Waals surface area contributed by atoms with Crippen LogP contribution in [0.15, 0.2) is 29.2 Å². The largest absolute Gasteiger partial charge is 0.276 e. The van der Waals surface area contributed by atoms with Crippen molar-refractivity contribution in [2.45, 2.75) is 18.7 Å². The molecule has 1 aromatic heterocycles. The molecular formula is C13H14N4O2S. The number of benzene rings is 1. The lowest BCUT2D eigenvalue weighted by atomic mass is 10.2. The minimum absolute atomic E-state index is 0.110. The number of aromatic nitrogens is 2. The van der Waals surface area contributed by atoms with Gasteiger partial charge in [-0.1, -0.05) is 0 Å². The summed E-state index contributed by atoms with van der Waals surface area (Å²) in [6.07, 6.45) is 0. The molecule has 2 aromatic rings. The van der Waals surface area contributed by atoms with Gasteiger partial charge in [-0.25, -0.2) is 8.42 Å². The summed E-state index contributed by atoms with van der Waals surface area (Å²) in [5, 5.41) is 12.9. The third kappa shape index (κ3) is 2.51. The van der Waals surface area contributed by atoms with Crippen LogP contribution in [0.25, 0.3) is 0 Å². The van der Waals surface area contributed by atoms with Crippen molar-refractivity contribution in [2.24, 2.45) is 7.05 Å². The van der Waals surface area contributed by atoms with E-state index in [0.717, 1.165) is 5.69 Å². The van der Waals surface area contributed by atoms with Crippen molar-refractivity contribution in [3.8, 4) is 6.07 Å². The van der Waals surface area contributed by atoms with Gasteiger partial charge in [-0.05, 0) is 38.1 Å². The van der Waals surface area contributed by atoms with E-state index in [1.807, 2.05) is 6.07 Å². The highest BCUT2D eigenvalue weighted by Crippen LogP contribution is 2.22. The molecule has 1 N–H and O–H groups in total. The Morgan fingerprint density at radius 2 is 1.85 bits per heavy atom. The monoisotopic (exact) mass is 290 g/mol. The predicted molar refractivity (Wildman–Crippen MR) is 74.6 cm³/mol. The third-order valence-electron chi connectivity index (χ3n) is 3.04. The Labute approximate surface area is 117 Å². The summed E-state index contributed by atoms with van der Waals surface area (Å²) in [5.74, 6) is 0. The first-order valence-corrected chi connectivity index (χ1v) is 7.36. The van der Waals surface area contributed by atoms with E-state index in [4.69, 9.17) is 5.26 Å². The van der Waals surface area contributed by atoms with Crippen LogP contribution in [0, 0.1) is 25.2 Å². The second-order valence-corrected chi connectivity index (χ2v) is 6.09. The maximum atomic E-state index is 12.3. The number of nitrogens with zero attached hydrogens (tertiary/aromatic N) is 3. The number of nitriles is 1. The quantitative estimate of drug-likeness (QED) is 0.932. The highest BCUT2D eigenvalue weighted by molar-refractivity contribution is 7.92. The average Bonchev–Trinajstić information content (AvgIpc) is 2.65. The van der Waals surface area contributed by atoms with Crippen LogP contribution in [0.3, 0.4) is 0 Å². The maximum absolute atomic E-state index is 12.3. The van der Waals surface area contributed by atoms with Crippen LogP contribution in [-0.4, -0.2) is 18.2 Å². The van der Waals surface area contributed by atoms with Crippen molar-refractivity contribution in [3.63, 3.8) is 0 Å². The fourth-order valence-corrected chi connectivity index (χ4v) is 3.00. The lowest BCUT2D eigenvalue weighted by Crippen LogP contribution is -2.14. The Morgan fingerprint density at radius 1 is 1.25 bits per heavy atom. The van der Waals surface area contributed by atoms with Crippen LogP contribution in [0.1, 0.15) is 17.0 Å². The van der Waals surface area contributed by atoms with Gasteiger partial charge in [0.05, 0.1) is 33.6 Å². The summed E-state index contributed by atoms with van der Waals surface area (Å²) in [4.78, 5) is 0.110. The molecule has 0 amide bonds. The Kier molecular flexibility index (Phi) is 3.51. The Bertz CT molecular complexity index is 783. The lowest BCUT2D eigenvalue weighted by molar-refractivity contribution is 0.601. The highest BCUT2D eigenvalue weighted by Gasteiger charge is 2.19. The maximum Gasteiger partial charge on any atom is 0.262 e. The fraction of sp³-hybridized carbons (Fsp3) is 0.231. The Hall–Kier alpha value is -2.33. The summed E-state index contributed by atoms with van der Waals surface area (Å²) in [6, 6.07) is 7.70. The zero-order valence-electron chi connectivity index (χ0n) is 11.4. The van der Waals surface area contributed by atoms with Crippen molar-refractivity contribution in [2.75, 3.05) is 4.72 Å². The van der Waals surface area contributed by atoms with Crippen molar-refractivity contribution in [1.82, 2.24) is 9.78 Å². The summed E-state index contributed by atoms with van der Waals surface area (Å²) in [7, 11) is -1.93. The van der Waals surface area contributed by atoms with E-state index in [1.165, 1.54) is 24.3 Å². The number of nitrogens with one attached hydrogen (secondary N) is 1. The second-order valence-electron chi connectivity index (χ2n) is 4.41. The molecule has 0 atom stereocenters. The van der Waals surface area contributed by atoms with Gasteiger partial charge in [-0.2, -0.15) is 10.4 Å². The molecule has 0 saturated carbocycles. The molecular weight excluding hydrogens is 276 g/mol. The molecule has 20 heavy (non-hydrogen) atoms. The van der Waals surface area contributed by atoms with Crippen LogP contribution in [0.4, 0.5) is 5.69 Å². The molecule has 1 aromatic carbocycles. The molecule has 0 aliphatic carbocycles. The van der Waals surface area contributed by atoms with Gasteiger partial charge < -0.3 is 0 Å². The number of rotatable bonds is 3. The molecule has 0 fully saturated rings. The van der Waals surface area contributed by atoms with Gasteiger partial charge in [0.15, 0.2) is 0 Å². The predicted octanol–water partition coefficient (Wildman–Crippen LogP) is 1.71. The molecule has 1 heterocycles. The SMILES string of the molecule is Cc1nn(C)c(C)c1NS(=O)(=O)c1ccc(C#N)cc1. The highest BCUT2D eigenvalue weighted by atomic mass is 32.2. The Balaban J connectivity index is 2.38. The molecule has 0 saturated heterocycles. The average molecular weight is 290 g/mol. The second kappa shape index (κ2) is 4.98. The number of hydrogen-bond acceptors (Lipinski definition) is 4. The first-order chi connectivity index (χ1) is 9.35. The van der Waals surface area contributed by atoms with E-state index in [9.17, 15) is 8.42 Å². The van der Waals surface area contributed by atoms with Crippen LogP contribution in [0.5, 0.6) is 0 Å². The van der Waals surface area contributed by atoms with Crippen LogP contribution in [0.2, 0.25) is 0 Å². The van der Waals surface area contributed by atoms with E-state index in [0.29, 0.717) is 16.9 Å². The number of sulfonamides is 1. The van der Waals surface area contributed by atoms with Gasteiger partial charge in [0.1, 0.15) is 0 Å². The number of hydrogen-bond donors (Lipinski definition) is 1. The van der Waals surface area contributed by atoms with Crippen LogP contribution < -0.4 is 4.72 Å². The van der Waals surface area contributed by atoms with Gasteiger partial charge in [0.2, 0.25) is 0 Å². The minimum atomic E-state index is -3.68. The van der Waals surface area contributed by atoms with E-state index in [-0.39, 0.29) is 4.90 Å². The van der Waals surface area contributed by atoms with Crippen molar-refractivity contribution in [1.29, 1.82) is 5.26 Å². The summed E-state index contributed by atoms with van der Waals surface area (Å²) in [5.41, 5.74) is 2.25. The fourth-order valence-electron chi connectivity index (χ4n) is 1.82. The van der Waals surface area contributed by atoms with Crippen LogP contribution in [-0.2, 0) is 17.1 Å². The van der Waals surface area contributed by atoms with Crippen LogP contribution >= 0.6 is 0 Å². The third-order valence-corrected chi connectivity index (χ3v) is 4.40. The minimum Gasteiger partial charge on any atom is -0.276 e. The van der Waals surface area contributed by atoms with E-state index in [1.54, 1.807) is 25.6 Å². The molecule has 0 unspecified atom stereocenters. The van der Waals surface area contributed by atoms with Crippen molar-refractivity contribution in [3.05, 3.63) is 41.2 Å². The van der Waals surface area contributed by atoms with Gasteiger partial charge in [0.25, 0.3) is 10.0 Å². The van der Waals surface area contributed by atoms with Gasteiger partial charge >= 0.3 is 0 Å². The molecule has 6 nitrogen and oxygen atoms in total. The lowest BCUT2D eigenvalue weighted by Gasteiger charge is -2.08. The molecule has 0 spiro atoms. The van der Waals surface area contributed by atoms with Gasteiger partial charge in [-0.15, -0.1) is 0 Å².